The fourth-order valence-corrected chi connectivity index (χ4v) is 4.08. The lowest BCUT2D eigenvalue weighted by Crippen LogP contribution is -2.50. The van der Waals surface area contributed by atoms with E-state index in [1.165, 1.54) is 23.1 Å². The number of aliphatic carboxylic acids is 1. The normalized spacial score (nSPS) is 18.4. The minimum atomic E-state index is -3.17. The van der Waals surface area contributed by atoms with Crippen molar-refractivity contribution in [1.82, 2.24) is 19.7 Å². The molecule has 12 heteroatoms. The van der Waals surface area contributed by atoms with Gasteiger partial charge in [-0.05, 0) is 24.8 Å². The number of rotatable bonds is 7. The Morgan fingerprint density at radius 1 is 1.26 bits per heavy atom. The van der Waals surface area contributed by atoms with Crippen molar-refractivity contribution < 1.29 is 32.2 Å². The van der Waals surface area contributed by atoms with Gasteiger partial charge in [0.1, 0.15) is 17.6 Å². The molecule has 0 aliphatic carbocycles. The van der Waals surface area contributed by atoms with Gasteiger partial charge in [-0.1, -0.05) is 25.1 Å². The third-order valence-electron chi connectivity index (χ3n) is 5.64. The number of carboxylic acids is 1. The number of nitrogens with zero attached hydrogens (tertiary/aromatic N) is 5. The highest BCUT2D eigenvalue weighted by Gasteiger charge is 2.36. The van der Waals surface area contributed by atoms with Gasteiger partial charge in [-0.3, -0.25) is 0 Å². The summed E-state index contributed by atoms with van der Waals surface area (Å²) in [5.41, 5.74) is 0.161. The largest absolute Gasteiger partial charge is 0.480 e. The topological polar surface area (TPSA) is 93.4 Å². The number of carbonyl (C=O) groups is 1. The zero-order valence-electron chi connectivity index (χ0n) is 18.0. The highest BCUT2D eigenvalue weighted by molar-refractivity contribution is 5.78. The second kappa shape index (κ2) is 9.65. The van der Waals surface area contributed by atoms with Crippen LogP contribution in [0.1, 0.15) is 25.3 Å². The molecule has 1 saturated heterocycles. The van der Waals surface area contributed by atoms with Crippen molar-refractivity contribution in [3.8, 4) is 17.4 Å². The van der Waals surface area contributed by atoms with Gasteiger partial charge < -0.3 is 14.7 Å². The van der Waals surface area contributed by atoms with E-state index in [1.54, 1.807) is 13.0 Å². The summed E-state index contributed by atoms with van der Waals surface area (Å²) in [6, 6.07) is 5.92. The Hall–Kier alpha value is -3.70. The summed E-state index contributed by atoms with van der Waals surface area (Å²) in [5.74, 6) is -3.42. The van der Waals surface area contributed by atoms with E-state index in [4.69, 9.17) is 0 Å². The predicted molar refractivity (Wildman–Crippen MR) is 113 cm³/mol. The lowest BCUT2D eigenvalue weighted by molar-refractivity contribution is -0.140. The van der Waals surface area contributed by atoms with Crippen LogP contribution in [0.5, 0.6) is 5.88 Å². The Labute approximate surface area is 191 Å². The molecule has 2 atom stereocenters. The number of aromatic nitrogens is 4. The van der Waals surface area contributed by atoms with Crippen LogP contribution < -0.4 is 9.64 Å². The second-order valence-electron chi connectivity index (χ2n) is 7.96. The Kier molecular flexibility index (Phi) is 6.66. The molecule has 34 heavy (non-hydrogen) atoms. The van der Waals surface area contributed by atoms with Gasteiger partial charge in [0, 0.05) is 18.2 Å². The third kappa shape index (κ3) is 4.80. The molecule has 0 amide bonds. The van der Waals surface area contributed by atoms with Gasteiger partial charge in [-0.15, -0.1) is 0 Å². The van der Waals surface area contributed by atoms with E-state index in [0.717, 1.165) is 16.9 Å². The summed E-state index contributed by atoms with van der Waals surface area (Å²) >= 11 is 0. The molecule has 0 radical (unpaired) electrons. The first-order chi connectivity index (χ1) is 16.2. The highest BCUT2D eigenvalue weighted by atomic mass is 19.3. The first kappa shape index (κ1) is 23.5. The van der Waals surface area contributed by atoms with E-state index in [-0.39, 0.29) is 47.8 Å². The summed E-state index contributed by atoms with van der Waals surface area (Å²) in [6.07, 6.45) is 2.19. The quantitative estimate of drug-likeness (QED) is 0.513. The lowest BCUT2D eigenvalue weighted by Gasteiger charge is -2.38. The lowest BCUT2D eigenvalue weighted by atomic mass is 9.91. The van der Waals surface area contributed by atoms with Crippen LogP contribution in [0.2, 0.25) is 0 Å². The number of hydrogen-bond donors (Lipinski definition) is 1. The molecule has 1 aromatic carbocycles. The first-order valence-corrected chi connectivity index (χ1v) is 10.5. The monoisotopic (exact) mass is 479 g/mol. The van der Waals surface area contributed by atoms with Crippen LogP contribution in [0.3, 0.4) is 0 Å². The number of alkyl halides is 2. The average Bonchev–Trinajstić information content (AvgIpc) is 3.16. The van der Waals surface area contributed by atoms with E-state index < -0.39 is 30.3 Å². The number of anilines is 1. The molecule has 3 aromatic rings. The fraction of sp³-hybridized carbons (Fsp3) is 0.364. The van der Waals surface area contributed by atoms with Gasteiger partial charge in [0.2, 0.25) is 5.88 Å². The summed E-state index contributed by atoms with van der Waals surface area (Å²) < 4.78 is 60.2. The van der Waals surface area contributed by atoms with Crippen molar-refractivity contribution in [3.63, 3.8) is 0 Å². The SMILES string of the molecule is CC1CCCN(c2nc(-c3cc(OC(F)F)n(Cc4ccccc4F)n3)ncc2F)C1C(=O)O. The summed E-state index contributed by atoms with van der Waals surface area (Å²) in [5, 5.41) is 13.8. The Morgan fingerprint density at radius 2 is 2.03 bits per heavy atom. The Morgan fingerprint density at radius 3 is 2.74 bits per heavy atom. The molecule has 1 N–H and O–H groups in total. The number of hydrogen-bond acceptors (Lipinski definition) is 6. The van der Waals surface area contributed by atoms with Crippen LogP contribution in [-0.4, -0.2) is 50.0 Å². The van der Waals surface area contributed by atoms with Crippen LogP contribution in [0.4, 0.5) is 23.4 Å². The number of halogens is 4. The van der Waals surface area contributed by atoms with Gasteiger partial charge >= 0.3 is 12.6 Å². The maximum absolute atomic E-state index is 14.7. The summed E-state index contributed by atoms with van der Waals surface area (Å²) in [7, 11) is 0. The summed E-state index contributed by atoms with van der Waals surface area (Å²) in [4.78, 5) is 21.3. The average molecular weight is 479 g/mol. The minimum Gasteiger partial charge on any atom is -0.480 e. The second-order valence-corrected chi connectivity index (χ2v) is 7.96. The molecule has 180 valence electrons. The van der Waals surface area contributed by atoms with E-state index >= 15 is 0 Å². The molecule has 2 unspecified atom stereocenters. The van der Waals surface area contributed by atoms with Crippen LogP contribution in [0.15, 0.2) is 36.5 Å². The van der Waals surface area contributed by atoms with Crippen molar-refractivity contribution >= 4 is 11.8 Å². The first-order valence-electron chi connectivity index (χ1n) is 10.5. The van der Waals surface area contributed by atoms with Gasteiger partial charge in [-0.2, -0.15) is 13.9 Å². The van der Waals surface area contributed by atoms with Crippen LogP contribution in [-0.2, 0) is 11.3 Å². The Balaban J connectivity index is 1.72. The van der Waals surface area contributed by atoms with E-state index in [0.29, 0.717) is 12.8 Å². The number of benzene rings is 1. The molecule has 0 spiro atoms. The van der Waals surface area contributed by atoms with E-state index in [2.05, 4.69) is 19.8 Å². The molecule has 1 aliphatic heterocycles. The molecule has 3 heterocycles. The molecular weight excluding hydrogens is 458 g/mol. The van der Waals surface area contributed by atoms with Crippen LogP contribution in [0, 0.1) is 17.6 Å². The molecule has 0 bridgehead atoms. The van der Waals surface area contributed by atoms with Crippen LogP contribution >= 0.6 is 0 Å². The number of carboxylic acid groups (broad SMARTS) is 1. The summed E-state index contributed by atoms with van der Waals surface area (Å²) in [6.45, 7) is -1.34. The third-order valence-corrected chi connectivity index (χ3v) is 5.64. The molecule has 4 rings (SSSR count). The smallest absolute Gasteiger partial charge is 0.388 e. The predicted octanol–water partition coefficient (Wildman–Crippen LogP) is 3.96. The zero-order valence-corrected chi connectivity index (χ0v) is 18.0. The molecule has 8 nitrogen and oxygen atoms in total. The molecule has 1 aliphatic rings. The maximum atomic E-state index is 14.7. The van der Waals surface area contributed by atoms with Gasteiger partial charge in [0.25, 0.3) is 0 Å². The van der Waals surface area contributed by atoms with Crippen molar-refractivity contribution in [1.29, 1.82) is 0 Å². The van der Waals surface area contributed by atoms with Gasteiger partial charge in [0.15, 0.2) is 17.5 Å². The Bertz CT molecular complexity index is 1190. The van der Waals surface area contributed by atoms with Crippen molar-refractivity contribution in [2.45, 2.75) is 39.0 Å². The molecular formula is C22H21F4N5O3. The fourth-order valence-electron chi connectivity index (χ4n) is 4.08. The van der Waals surface area contributed by atoms with Gasteiger partial charge in [-0.25, -0.2) is 28.2 Å². The minimum absolute atomic E-state index is 0.0230. The van der Waals surface area contributed by atoms with Crippen molar-refractivity contribution in [2.24, 2.45) is 5.92 Å². The van der Waals surface area contributed by atoms with Crippen molar-refractivity contribution in [2.75, 3.05) is 11.4 Å². The zero-order chi connectivity index (χ0) is 24.4. The van der Waals surface area contributed by atoms with E-state index in [1.807, 2.05) is 0 Å². The number of ether oxygens (including phenoxy) is 1. The van der Waals surface area contributed by atoms with Crippen LogP contribution in [0.25, 0.3) is 11.5 Å². The standard InChI is InChI=1S/C22H21F4N5O3/c1-12-5-4-8-30(18(12)21(32)33)20-15(24)10-27-19(28-20)16-9-17(34-22(25)26)31(29-16)11-13-6-2-3-7-14(13)23/h2-3,6-7,9-10,12,18,22H,4-5,8,11H2,1H3,(H,32,33). The number of piperidine rings is 1. The highest BCUT2D eigenvalue weighted by Crippen LogP contribution is 2.31. The van der Waals surface area contributed by atoms with E-state index in [9.17, 15) is 27.5 Å². The molecule has 0 saturated carbocycles. The van der Waals surface area contributed by atoms with Gasteiger partial charge in [0.05, 0.1) is 12.7 Å². The van der Waals surface area contributed by atoms with Crippen molar-refractivity contribution in [3.05, 3.63) is 53.7 Å². The maximum Gasteiger partial charge on any atom is 0.388 e. The molecule has 2 aromatic heterocycles. The molecule has 1 fully saturated rings.